The summed E-state index contributed by atoms with van der Waals surface area (Å²) in [5.41, 5.74) is 12.5. The van der Waals surface area contributed by atoms with Crippen molar-refractivity contribution in [1.29, 1.82) is 0 Å². The van der Waals surface area contributed by atoms with Crippen molar-refractivity contribution in [2.45, 2.75) is 6.17 Å². The monoisotopic (exact) mass is 151 g/mol. The van der Waals surface area contributed by atoms with Crippen LogP contribution >= 0.6 is 0 Å². The van der Waals surface area contributed by atoms with Gasteiger partial charge in [-0.15, -0.1) is 0 Å². The van der Waals surface area contributed by atoms with Gasteiger partial charge in [-0.1, -0.05) is 30.3 Å². The van der Waals surface area contributed by atoms with Gasteiger partial charge in [0, 0.05) is 0 Å². The van der Waals surface area contributed by atoms with E-state index in [2.05, 4.69) is 10.9 Å². The molecule has 4 N–H and O–H groups in total. The van der Waals surface area contributed by atoms with Gasteiger partial charge < -0.3 is 5.73 Å². The first-order valence-corrected chi connectivity index (χ1v) is 3.57. The normalized spacial score (nSPS) is 12.9. The van der Waals surface area contributed by atoms with Crippen LogP contribution in [0, 0.1) is 0 Å². The van der Waals surface area contributed by atoms with Crippen LogP contribution in [0.2, 0.25) is 0 Å². The third kappa shape index (κ3) is 2.31. The maximum absolute atomic E-state index is 5.73. The Balaban J connectivity index is 2.61. The molecule has 1 aromatic carbocycles. The quantitative estimate of drug-likeness (QED) is 0.432. The third-order valence-electron chi connectivity index (χ3n) is 1.46. The lowest BCUT2D eigenvalue weighted by molar-refractivity contribution is 0.488. The van der Waals surface area contributed by atoms with Gasteiger partial charge in [0.2, 0.25) is 0 Å². The Morgan fingerprint density at radius 3 is 2.45 bits per heavy atom. The fourth-order valence-corrected chi connectivity index (χ4v) is 0.899. The second kappa shape index (κ2) is 4.08. The molecule has 0 fully saturated rings. The second-order valence-electron chi connectivity index (χ2n) is 2.28. The summed E-state index contributed by atoms with van der Waals surface area (Å²) in [4.78, 5) is 0. The lowest BCUT2D eigenvalue weighted by Crippen LogP contribution is -2.37. The Hall–Kier alpha value is -0.900. The first-order valence-electron chi connectivity index (χ1n) is 3.57. The standard InChI is InChI=1S/C8H13N3/c1-10-11-8(9)7-5-3-2-4-6-7/h2-6,8,10-11H,9H2,1H3. The van der Waals surface area contributed by atoms with Crippen molar-refractivity contribution in [1.82, 2.24) is 10.9 Å². The number of hydrogen-bond acceptors (Lipinski definition) is 3. The van der Waals surface area contributed by atoms with Crippen LogP contribution in [-0.2, 0) is 0 Å². The Bertz CT molecular complexity index is 198. The van der Waals surface area contributed by atoms with Crippen LogP contribution in [-0.4, -0.2) is 7.05 Å². The molecule has 3 heteroatoms. The van der Waals surface area contributed by atoms with Gasteiger partial charge in [-0.2, -0.15) is 0 Å². The lowest BCUT2D eigenvalue weighted by atomic mass is 10.2. The number of hydrazine groups is 1. The maximum atomic E-state index is 5.73. The minimum absolute atomic E-state index is 0.138. The SMILES string of the molecule is CNNC(N)c1ccccc1. The molecule has 0 aromatic heterocycles. The van der Waals surface area contributed by atoms with Crippen molar-refractivity contribution in [2.24, 2.45) is 5.73 Å². The molecule has 0 aliphatic rings. The molecule has 3 nitrogen and oxygen atoms in total. The summed E-state index contributed by atoms with van der Waals surface area (Å²) in [5.74, 6) is 0. The first-order chi connectivity index (χ1) is 5.34. The van der Waals surface area contributed by atoms with E-state index in [0.29, 0.717) is 0 Å². The molecule has 0 aliphatic heterocycles. The largest absolute Gasteiger partial charge is 0.311 e. The van der Waals surface area contributed by atoms with Crippen LogP contribution in [0.1, 0.15) is 11.7 Å². The van der Waals surface area contributed by atoms with Gasteiger partial charge in [0.05, 0.1) is 6.17 Å². The maximum Gasteiger partial charge on any atom is 0.0938 e. The highest BCUT2D eigenvalue weighted by Crippen LogP contribution is 2.04. The van der Waals surface area contributed by atoms with Crippen molar-refractivity contribution >= 4 is 0 Å². The van der Waals surface area contributed by atoms with Crippen molar-refractivity contribution in [3.8, 4) is 0 Å². The average molecular weight is 151 g/mol. The Labute approximate surface area is 66.6 Å². The molecule has 1 rings (SSSR count). The zero-order valence-electron chi connectivity index (χ0n) is 6.54. The molecule has 0 spiro atoms. The van der Waals surface area contributed by atoms with Crippen LogP contribution < -0.4 is 16.6 Å². The topological polar surface area (TPSA) is 50.1 Å². The summed E-state index contributed by atoms with van der Waals surface area (Å²) < 4.78 is 0. The number of rotatable bonds is 3. The predicted molar refractivity (Wildman–Crippen MR) is 45.6 cm³/mol. The zero-order valence-corrected chi connectivity index (χ0v) is 6.54. The number of nitrogens with two attached hydrogens (primary N) is 1. The molecule has 0 aliphatic carbocycles. The number of nitrogens with one attached hydrogen (secondary N) is 2. The first kappa shape index (κ1) is 8.20. The zero-order chi connectivity index (χ0) is 8.10. The van der Waals surface area contributed by atoms with Crippen molar-refractivity contribution < 1.29 is 0 Å². The Morgan fingerprint density at radius 2 is 1.91 bits per heavy atom. The molecule has 0 saturated heterocycles. The molecular weight excluding hydrogens is 138 g/mol. The van der Waals surface area contributed by atoms with Crippen LogP contribution in [0.15, 0.2) is 30.3 Å². The van der Waals surface area contributed by atoms with Crippen LogP contribution in [0.5, 0.6) is 0 Å². The van der Waals surface area contributed by atoms with E-state index in [9.17, 15) is 0 Å². The molecule has 1 atom stereocenters. The lowest BCUT2D eigenvalue weighted by Gasteiger charge is -2.12. The van der Waals surface area contributed by atoms with Gasteiger partial charge >= 0.3 is 0 Å². The van der Waals surface area contributed by atoms with E-state index in [0.717, 1.165) is 5.56 Å². The van der Waals surface area contributed by atoms with Crippen molar-refractivity contribution in [3.05, 3.63) is 35.9 Å². The minimum atomic E-state index is -0.138. The van der Waals surface area contributed by atoms with Gasteiger partial charge in [0.15, 0.2) is 0 Å². The van der Waals surface area contributed by atoms with Gasteiger partial charge in [-0.25, -0.2) is 5.43 Å². The molecule has 0 heterocycles. The molecule has 1 unspecified atom stereocenters. The fraction of sp³-hybridized carbons (Fsp3) is 0.250. The molecule has 0 amide bonds. The van der Waals surface area contributed by atoms with E-state index in [4.69, 9.17) is 5.73 Å². The summed E-state index contributed by atoms with van der Waals surface area (Å²) >= 11 is 0. The summed E-state index contributed by atoms with van der Waals surface area (Å²) in [6.45, 7) is 0. The second-order valence-corrected chi connectivity index (χ2v) is 2.28. The van der Waals surface area contributed by atoms with Gasteiger partial charge in [-0.3, -0.25) is 5.43 Å². The van der Waals surface area contributed by atoms with E-state index in [1.54, 1.807) is 7.05 Å². The molecule has 0 radical (unpaired) electrons. The van der Waals surface area contributed by atoms with Gasteiger partial charge in [-0.05, 0) is 12.6 Å². The van der Waals surface area contributed by atoms with Crippen molar-refractivity contribution in [3.63, 3.8) is 0 Å². The summed E-state index contributed by atoms with van der Waals surface area (Å²) in [7, 11) is 1.79. The van der Waals surface area contributed by atoms with Gasteiger partial charge in [0.25, 0.3) is 0 Å². The molecule has 11 heavy (non-hydrogen) atoms. The van der Waals surface area contributed by atoms with E-state index < -0.39 is 0 Å². The van der Waals surface area contributed by atoms with E-state index in [1.807, 2.05) is 30.3 Å². The number of hydrogen-bond donors (Lipinski definition) is 3. The predicted octanol–water partition coefficient (Wildman–Crippen LogP) is 0.368. The fourth-order valence-electron chi connectivity index (χ4n) is 0.899. The highest BCUT2D eigenvalue weighted by atomic mass is 15.4. The summed E-state index contributed by atoms with van der Waals surface area (Å²) in [6, 6.07) is 9.86. The highest BCUT2D eigenvalue weighted by molar-refractivity contribution is 5.17. The van der Waals surface area contributed by atoms with E-state index in [-0.39, 0.29) is 6.17 Å². The number of benzene rings is 1. The smallest absolute Gasteiger partial charge is 0.0938 e. The van der Waals surface area contributed by atoms with E-state index in [1.165, 1.54) is 0 Å². The molecule has 0 saturated carbocycles. The van der Waals surface area contributed by atoms with Crippen LogP contribution in [0.25, 0.3) is 0 Å². The Kier molecular flexibility index (Phi) is 3.04. The van der Waals surface area contributed by atoms with Crippen LogP contribution in [0.3, 0.4) is 0 Å². The molecule has 60 valence electrons. The van der Waals surface area contributed by atoms with Crippen molar-refractivity contribution in [2.75, 3.05) is 7.05 Å². The summed E-state index contributed by atoms with van der Waals surface area (Å²) in [5, 5.41) is 0. The van der Waals surface area contributed by atoms with Crippen LogP contribution in [0.4, 0.5) is 0 Å². The van der Waals surface area contributed by atoms with Gasteiger partial charge in [0.1, 0.15) is 0 Å². The third-order valence-corrected chi connectivity index (χ3v) is 1.46. The average Bonchev–Trinajstić information content (AvgIpc) is 2.07. The molecule has 1 aromatic rings. The highest BCUT2D eigenvalue weighted by Gasteiger charge is 2.00. The molecular formula is C8H13N3. The minimum Gasteiger partial charge on any atom is -0.311 e. The molecule has 0 bridgehead atoms. The summed E-state index contributed by atoms with van der Waals surface area (Å²) in [6.07, 6.45) is -0.138. The van der Waals surface area contributed by atoms with E-state index >= 15 is 0 Å². The Morgan fingerprint density at radius 1 is 1.27 bits per heavy atom.